The fourth-order valence-electron chi connectivity index (χ4n) is 2.93. The lowest BCUT2D eigenvalue weighted by Gasteiger charge is -2.37. The second kappa shape index (κ2) is 6.85. The highest BCUT2D eigenvalue weighted by Crippen LogP contribution is 2.40. The number of hydrogen-bond acceptors (Lipinski definition) is 2. The number of hydrogen-bond donors (Lipinski definition) is 2. The number of benzene rings is 1. The van der Waals surface area contributed by atoms with Crippen LogP contribution >= 0.6 is 24.0 Å². The molecule has 0 saturated heterocycles. The summed E-state index contributed by atoms with van der Waals surface area (Å²) in [5, 5.41) is 3.34. The molecule has 1 unspecified atom stereocenters. The minimum atomic E-state index is 0. The molecule has 3 N–H and O–H groups in total. The number of halogens is 1. The van der Waals surface area contributed by atoms with Crippen molar-refractivity contribution in [2.45, 2.75) is 38.6 Å². The second-order valence-corrected chi connectivity index (χ2v) is 6.24. The van der Waals surface area contributed by atoms with Crippen molar-refractivity contribution in [1.82, 2.24) is 5.32 Å². The van der Waals surface area contributed by atoms with Crippen molar-refractivity contribution in [1.29, 1.82) is 0 Å². The average molecular weight is 401 g/mol. The summed E-state index contributed by atoms with van der Waals surface area (Å²) in [4.78, 5) is 4.53. The molecule has 0 bridgehead atoms. The second-order valence-electron chi connectivity index (χ2n) is 6.24. The minimum absolute atomic E-state index is 0. The Morgan fingerprint density at radius 1 is 1.43 bits per heavy atom. The number of ether oxygens (including phenoxy) is 1. The standard InChI is InChI=1S/C16H23N3O.HI/c1-16(8-4-9-16)11-18-15(17)19-13-7-10-20-14-6-3-2-5-12(13)14;/h2-3,5-6,13H,4,7-11H2,1H3,(H3,17,18,19);1H. The maximum absolute atomic E-state index is 6.05. The third-order valence-electron chi connectivity index (χ3n) is 4.47. The molecule has 0 radical (unpaired) electrons. The van der Waals surface area contributed by atoms with Gasteiger partial charge in [-0.15, -0.1) is 24.0 Å². The van der Waals surface area contributed by atoms with E-state index in [0.29, 0.717) is 11.4 Å². The van der Waals surface area contributed by atoms with E-state index in [-0.39, 0.29) is 30.0 Å². The molecule has 0 aromatic heterocycles. The summed E-state index contributed by atoms with van der Waals surface area (Å²) in [6.45, 7) is 3.84. The lowest BCUT2D eigenvalue weighted by molar-refractivity contribution is 0.173. The first kappa shape index (κ1) is 16.4. The first-order chi connectivity index (χ1) is 9.66. The van der Waals surface area contributed by atoms with Gasteiger partial charge >= 0.3 is 0 Å². The van der Waals surface area contributed by atoms with Gasteiger partial charge in [0.05, 0.1) is 12.6 Å². The highest BCUT2D eigenvalue weighted by molar-refractivity contribution is 14.0. The Morgan fingerprint density at radius 2 is 2.19 bits per heavy atom. The number of aliphatic imine (C=N–C) groups is 1. The van der Waals surface area contributed by atoms with Gasteiger partial charge in [-0.3, -0.25) is 4.99 Å². The fraction of sp³-hybridized carbons (Fsp3) is 0.562. The van der Waals surface area contributed by atoms with Crippen LogP contribution in [-0.2, 0) is 0 Å². The van der Waals surface area contributed by atoms with Crippen molar-refractivity contribution in [3.05, 3.63) is 29.8 Å². The number of rotatable bonds is 3. The zero-order valence-electron chi connectivity index (χ0n) is 12.5. The molecule has 3 rings (SSSR count). The fourth-order valence-corrected chi connectivity index (χ4v) is 2.93. The first-order valence-electron chi connectivity index (χ1n) is 7.44. The number of nitrogens with one attached hydrogen (secondary N) is 1. The Balaban J connectivity index is 0.00000161. The van der Waals surface area contributed by atoms with Gasteiger partial charge in [-0.2, -0.15) is 0 Å². The minimum Gasteiger partial charge on any atom is -0.493 e. The number of nitrogens with two attached hydrogens (primary N) is 1. The third kappa shape index (κ3) is 3.81. The first-order valence-corrected chi connectivity index (χ1v) is 7.44. The van der Waals surface area contributed by atoms with Gasteiger partial charge in [0.1, 0.15) is 5.75 Å². The maximum Gasteiger partial charge on any atom is 0.189 e. The molecular formula is C16H24IN3O. The van der Waals surface area contributed by atoms with E-state index in [0.717, 1.165) is 25.3 Å². The van der Waals surface area contributed by atoms with E-state index >= 15 is 0 Å². The van der Waals surface area contributed by atoms with E-state index < -0.39 is 0 Å². The summed E-state index contributed by atoms with van der Waals surface area (Å²) in [6.07, 6.45) is 4.78. The Labute approximate surface area is 143 Å². The van der Waals surface area contributed by atoms with Gasteiger partial charge in [-0.25, -0.2) is 0 Å². The van der Waals surface area contributed by atoms with Crippen molar-refractivity contribution in [2.75, 3.05) is 13.2 Å². The molecule has 1 fully saturated rings. The van der Waals surface area contributed by atoms with Crippen LogP contribution in [0.15, 0.2) is 29.3 Å². The monoisotopic (exact) mass is 401 g/mol. The molecule has 0 amide bonds. The normalized spacial score (nSPS) is 23.1. The van der Waals surface area contributed by atoms with Gasteiger partial charge in [0.15, 0.2) is 5.96 Å². The predicted octanol–water partition coefficient (Wildman–Crippen LogP) is 3.22. The summed E-state index contributed by atoms with van der Waals surface area (Å²) in [7, 11) is 0. The van der Waals surface area contributed by atoms with Crippen molar-refractivity contribution in [2.24, 2.45) is 16.1 Å². The van der Waals surface area contributed by atoms with Gasteiger partial charge in [0.2, 0.25) is 0 Å². The molecule has 2 aliphatic rings. The van der Waals surface area contributed by atoms with Crippen molar-refractivity contribution in [3.63, 3.8) is 0 Å². The van der Waals surface area contributed by atoms with Crippen LogP contribution in [0.25, 0.3) is 0 Å². The number of para-hydroxylation sites is 1. The maximum atomic E-state index is 6.05. The van der Waals surface area contributed by atoms with Gasteiger partial charge in [-0.1, -0.05) is 31.5 Å². The topological polar surface area (TPSA) is 59.6 Å². The molecule has 1 atom stereocenters. The molecule has 1 heterocycles. The van der Waals surface area contributed by atoms with E-state index in [1.54, 1.807) is 0 Å². The van der Waals surface area contributed by atoms with E-state index in [9.17, 15) is 0 Å². The lowest BCUT2D eigenvalue weighted by Crippen LogP contribution is -2.39. The van der Waals surface area contributed by atoms with Crippen molar-refractivity contribution >= 4 is 29.9 Å². The molecule has 0 spiro atoms. The summed E-state index contributed by atoms with van der Waals surface area (Å²) in [5.74, 6) is 1.51. The Hall–Kier alpha value is -0.980. The van der Waals surface area contributed by atoms with Crippen molar-refractivity contribution in [3.8, 4) is 5.75 Å². The Kier molecular flexibility index (Phi) is 5.35. The number of guanidine groups is 1. The summed E-state index contributed by atoms with van der Waals surface area (Å²) in [5.41, 5.74) is 7.59. The zero-order valence-corrected chi connectivity index (χ0v) is 14.8. The smallest absolute Gasteiger partial charge is 0.189 e. The quantitative estimate of drug-likeness (QED) is 0.465. The number of nitrogens with zero attached hydrogens (tertiary/aromatic N) is 1. The molecule has 1 aliphatic heterocycles. The van der Waals surface area contributed by atoms with Crippen LogP contribution in [0, 0.1) is 5.41 Å². The molecule has 21 heavy (non-hydrogen) atoms. The SMILES string of the molecule is CC1(CN=C(N)NC2CCOc3ccccc32)CCC1.I. The summed E-state index contributed by atoms with van der Waals surface area (Å²) in [6, 6.07) is 8.33. The molecular weight excluding hydrogens is 377 g/mol. The predicted molar refractivity (Wildman–Crippen MR) is 96.3 cm³/mol. The van der Waals surface area contributed by atoms with Crippen LogP contribution in [-0.4, -0.2) is 19.1 Å². The molecule has 116 valence electrons. The molecule has 1 aromatic carbocycles. The Morgan fingerprint density at radius 3 is 2.90 bits per heavy atom. The van der Waals surface area contributed by atoms with Gasteiger partial charge in [-0.05, 0) is 24.3 Å². The largest absolute Gasteiger partial charge is 0.493 e. The highest BCUT2D eigenvalue weighted by atomic mass is 127. The van der Waals surface area contributed by atoms with Crippen LogP contribution in [0.3, 0.4) is 0 Å². The van der Waals surface area contributed by atoms with E-state index in [1.165, 1.54) is 24.8 Å². The van der Waals surface area contributed by atoms with E-state index in [2.05, 4.69) is 23.3 Å². The highest BCUT2D eigenvalue weighted by Gasteiger charge is 2.31. The summed E-state index contributed by atoms with van der Waals surface area (Å²) >= 11 is 0. The van der Waals surface area contributed by atoms with Crippen LogP contribution in [0.4, 0.5) is 0 Å². The van der Waals surface area contributed by atoms with E-state index in [4.69, 9.17) is 10.5 Å². The summed E-state index contributed by atoms with van der Waals surface area (Å²) < 4.78 is 5.66. The Bertz CT molecular complexity index is 514. The van der Waals surface area contributed by atoms with Gasteiger partial charge < -0.3 is 15.8 Å². The molecule has 1 saturated carbocycles. The van der Waals surface area contributed by atoms with Crippen LogP contribution in [0.1, 0.15) is 44.2 Å². The third-order valence-corrected chi connectivity index (χ3v) is 4.47. The van der Waals surface area contributed by atoms with Crippen LogP contribution in [0.2, 0.25) is 0 Å². The van der Waals surface area contributed by atoms with Crippen LogP contribution < -0.4 is 15.8 Å². The molecule has 5 heteroatoms. The van der Waals surface area contributed by atoms with Gasteiger partial charge in [0, 0.05) is 18.5 Å². The molecule has 1 aliphatic carbocycles. The average Bonchev–Trinajstić information content (AvgIpc) is 2.43. The van der Waals surface area contributed by atoms with Crippen molar-refractivity contribution < 1.29 is 4.74 Å². The van der Waals surface area contributed by atoms with E-state index in [1.807, 2.05) is 18.2 Å². The molecule has 4 nitrogen and oxygen atoms in total. The van der Waals surface area contributed by atoms with Gasteiger partial charge in [0.25, 0.3) is 0 Å². The van der Waals surface area contributed by atoms with Crippen LogP contribution in [0.5, 0.6) is 5.75 Å². The zero-order chi connectivity index (χ0) is 14.0. The number of fused-ring (bicyclic) bond motifs is 1. The lowest BCUT2D eigenvalue weighted by atomic mass is 9.71. The molecule has 1 aromatic rings.